The number of ether oxygens (including phenoxy) is 1. The number of hydrogen-bond acceptors (Lipinski definition) is 6. The highest BCUT2D eigenvalue weighted by Crippen LogP contribution is 2.29. The molecule has 1 aromatic heterocycles. The maximum atomic E-state index is 12.5. The van der Waals surface area contributed by atoms with Crippen molar-refractivity contribution in [3.05, 3.63) is 42.0 Å². The van der Waals surface area contributed by atoms with Gasteiger partial charge in [-0.3, -0.25) is 4.79 Å². The Morgan fingerprint density at radius 2 is 1.79 bits per heavy atom. The third kappa shape index (κ3) is 4.72. The lowest BCUT2D eigenvalue weighted by atomic mass is 10.2. The quantitative estimate of drug-likeness (QED) is 0.775. The van der Waals surface area contributed by atoms with Crippen molar-refractivity contribution in [2.75, 3.05) is 69.0 Å². The third-order valence-corrected chi connectivity index (χ3v) is 5.09. The molecule has 7 heteroatoms. The molecule has 0 spiro atoms. The predicted octanol–water partition coefficient (Wildman–Crippen LogP) is 2.94. The molecule has 29 heavy (non-hydrogen) atoms. The summed E-state index contributed by atoms with van der Waals surface area (Å²) in [5.41, 5.74) is 1.74. The number of anilines is 3. The van der Waals surface area contributed by atoms with E-state index >= 15 is 0 Å². The van der Waals surface area contributed by atoms with Gasteiger partial charge < -0.3 is 24.8 Å². The largest absolute Gasteiger partial charge is 0.495 e. The summed E-state index contributed by atoms with van der Waals surface area (Å²) in [5, 5.41) is 3.32. The van der Waals surface area contributed by atoms with E-state index in [1.807, 2.05) is 30.3 Å². The molecule has 0 bridgehead atoms. The van der Waals surface area contributed by atoms with Gasteiger partial charge in [0.2, 0.25) is 0 Å². The maximum absolute atomic E-state index is 12.5. The van der Waals surface area contributed by atoms with Gasteiger partial charge in [-0.1, -0.05) is 19.1 Å². The number of methoxy groups -OCH3 is 1. The number of amides is 1. The number of nitrogens with zero attached hydrogens (tertiary/aromatic N) is 4. The second kappa shape index (κ2) is 9.49. The Balaban J connectivity index is 1.75. The molecule has 0 saturated carbocycles. The van der Waals surface area contributed by atoms with E-state index in [0.717, 1.165) is 56.4 Å². The molecule has 1 aromatic carbocycles. The molecule has 156 valence electrons. The van der Waals surface area contributed by atoms with Crippen LogP contribution in [-0.2, 0) is 0 Å². The van der Waals surface area contributed by atoms with Crippen LogP contribution in [0.5, 0.6) is 5.75 Å². The van der Waals surface area contributed by atoms with Crippen molar-refractivity contribution in [3.8, 4) is 5.75 Å². The Bertz CT molecular complexity index is 832. The summed E-state index contributed by atoms with van der Waals surface area (Å²) in [5.74, 6) is 2.43. The monoisotopic (exact) mass is 397 g/mol. The first-order chi connectivity index (χ1) is 14.0. The number of piperazine rings is 1. The summed E-state index contributed by atoms with van der Waals surface area (Å²) >= 11 is 0. The van der Waals surface area contributed by atoms with E-state index in [1.54, 1.807) is 26.1 Å². The molecule has 1 N–H and O–H groups in total. The van der Waals surface area contributed by atoms with Crippen LogP contribution < -0.4 is 19.9 Å². The Kier molecular flexibility index (Phi) is 6.80. The molecular weight excluding hydrogens is 366 g/mol. The Hall–Kier alpha value is -2.96. The van der Waals surface area contributed by atoms with Gasteiger partial charge in [0, 0.05) is 46.8 Å². The lowest BCUT2D eigenvalue weighted by Gasteiger charge is -2.37. The number of para-hydroxylation sites is 2. The first-order valence-corrected chi connectivity index (χ1v) is 10.1. The number of nitrogens with one attached hydrogen (secondary N) is 1. The summed E-state index contributed by atoms with van der Waals surface area (Å²) in [6, 6.07) is 12.0. The molecule has 1 saturated heterocycles. The lowest BCUT2D eigenvalue weighted by molar-refractivity contribution is 0.0828. The van der Waals surface area contributed by atoms with Gasteiger partial charge in [-0.25, -0.2) is 4.98 Å². The van der Waals surface area contributed by atoms with Crippen LogP contribution in [0.15, 0.2) is 36.4 Å². The Morgan fingerprint density at radius 3 is 2.45 bits per heavy atom. The van der Waals surface area contributed by atoms with E-state index in [9.17, 15) is 4.79 Å². The van der Waals surface area contributed by atoms with Crippen LogP contribution in [0.3, 0.4) is 0 Å². The highest BCUT2D eigenvalue weighted by atomic mass is 16.5. The smallest absolute Gasteiger partial charge is 0.257 e. The second-order valence-electron chi connectivity index (χ2n) is 7.34. The van der Waals surface area contributed by atoms with Crippen LogP contribution in [0.25, 0.3) is 0 Å². The fraction of sp³-hybridized carbons (Fsp3) is 0.455. The van der Waals surface area contributed by atoms with E-state index in [1.165, 1.54) is 0 Å². The van der Waals surface area contributed by atoms with Crippen molar-refractivity contribution >= 4 is 23.2 Å². The van der Waals surface area contributed by atoms with Gasteiger partial charge in [0.05, 0.1) is 18.4 Å². The minimum atomic E-state index is -0.0383. The number of benzene rings is 1. The maximum Gasteiger partial charge on any atom is 0.257 e. The number of aromatic nitrogens is 1. The van der Waals surface area contributed by atoms with Crippen LogP contribution in [0.2, 0.25) is 0 Å². The van der Waals surface area contributed by atoms with E-state index in [-0.39, 0.29) is 5.91 Å². The minimum Gasteiger partial charge on any atom is -0.495 e. The van der Waals surface area contributed by atoms with E-state index in [2.05, 4.69) is 28.1 Å². The number of carbonyl (C=O) groups is 1. The van der Waals surface area contributed by atoms with Gasteiger partial charge in [0.1, 0.15) is 17.4 Å². The van der Waals surface area contributed by atoms with Crippen molar-refractivity contribution in [3.63, 3.8) is 0 Å². The van der Waals surface area contributed by atoms with Gasteiger partial charge in [-0.05, 0) is 30.7 Å². The predicted molar refractivity (Wildman–Crippen MR) is 118 cm³/mol. The molecule has 7 nitrogen and oxygen atoms in total. The molecule has 0 unspecified atom stereocenters. The average molecular weight is 398 g/mol. The summed E-state index contributed by atoms with van der Waals surface area (Å²) < 4.78 is 5.51. The van der Waals surface area contributed by atoms with Gasteiger partial charge in [0.25, 0.3) is 5.91 Å². The highest BCUT2D eigenvalue weighted by Gasteiger charge is 2.22. The van der Waals surface area contributed by atoms with Gasteiger partial charge in [-0.15, -0.1) is 0 Å². The lowest BCUT2D eigenvalue weighted by Crippen LogP contribution is -2.47. The minimum absolute atomic E-state index is 0.0383. The number of hydrogen-bond donors (Lipinski definition) is 1. The van der Waals surface area contributed by atoms with Crippen molar-refractivity contribution in [1.82, 2.24) is 9.88 Å². The molecule has 1 aliphatic heterocycles. The van der Waals surface area contributed by atoms with Crippen molar-refractivity contribution in [1.29, 1.82) is 0 Å². The Labute approximate surface area is 173 Å². The zero-order chi connectivity index (χ0) is 20.8. The molecule has 2 heterocycles. The number of carbonyl (C=O) groups excluding carboxylic acids is 1. The first kappa shape index (κ1) is 20.8. The molecule has 1 fully saturated rings. The summed E-state index contributed by atoms with van der Waals surface area (Å²) in [7, 11) is 5.23. The molecule has 1 amide bonds. The highest BCUT2D eigenvalue weighted by molar-refractivity contribution is 5.98. The summed E-state index contributed by atoms with van der Waals surface area (Å²) in [6.07, 6.45) is 0.971. The standard InChI is InChI=1S/C22H31N5O2/c1-5-12-23-21-17(22(28)25(2)3)10-11-20(24-21)27-15-13-26(14-16-27)18-8-6-7-9-19(18)29-4/h6-11H,5,12-16H2,1-4H3,(H,23,24). The topological polar surface area (TPSA) is 60.9 Å². The van der Waals surface area contributed by atoms with Crippen LogP contribution in [-0.4, -0.2) is 69.7 Å². The number of rotatable bonds is 7. The molecule has 0 atom stereocenters. The van der Waals surface area contributed by atoms with Gasteiger partial charge in [0.15, 0.2) is 0 Å². The first-order valence-electron chi connectivity index (χ1n) is 10.1. The van der Waals surface area contributed by atoms with Gasteiger partial charge >= 0.3 is 0 Å². The van der Waals surface area contributed by atoms with E-state index < -0.39 is 0 Å². The van der Waals surface area contributed by atoms with Crippen LogP contribution in [0, 0.1) is 0 Å². The van der Waals surface area contributed by atoms with Gasteiger partial charge in [-0.2, -0.15) is 0 Å². The zero-order valence-corrected chi connectivity index (χ0v) is 17.8. The van der Waals surface area contributed by atoms with Crippen LogP contribution in [0.1, 0.15) is 23.7 Å². The third-order valence-electron chi connectivity index (χ3n) is 5.09. The summed E-state index contributed by atoms with van der Waals surface area (Å²) in [6.45, 7) is 6.38. The molecule has 1 aliphatic rings. The zero-order valence-electron chi connectivity index (χ0n) is 17.8. The molecule has 0 radical (unpaired) electrons. The molecule has 2 aromatic rings. The summed E-state index contributed by atoms with van der Waals surface area (Å²) in [4.78, 5) is 23.5. The molecule has 0 aliphatic carbocycles. The van der Waals surface area contributed by atoms with Crippen LogP contribution in [0.4, 0.5) is 17.3 Å². The normalized spacial score (nSPS) is 13.9. The number of pyridine rings is 1. The molecule has 3 rings (SSSR count). The Morgan fingerprint density at radius 1 is 1.10 bits per heavy atom. The fourth-order valence-corrected chi connectivity index (χ4v) is 3.48. The van der Waals surface area contributed by atoms with Crippen molar-refractivity contribution < 1.29 is 9.53 Å². The van der Waals surface area contributed by atoms with Crippen molar-refractivity contribution in [2.45, 2.75) is 13.3 Å². The SMILES string of the molecule is CCCNc1nc(N2CCN(c3ccccc3OC)CC2)ccc1C(=O)N(C)C. The average Bonchev–Trinajstić information content (AvgIpc) is 2.77. The van der Waals surface area contributed by atoms with Crippen LogP contribution >= 0.6 is 0 Å². The van der Waals surface area contributed by atoms with E-state index in [0.29, 0.717) is 11.4 Å². The van der Waals surface area contributed by atoms with Crippen molar-refractivity contribution in [2.24, 2.45) is 0 Å². The van der Waals surface area contributed by atoms with E-state index in [4.69, 9.17) is 9.72 Å². The second-order valence-corrected chi connectivity index (χ2v) is 7.34. The molecular formula is C22H31N5O2. The fourth-order valence-electron chi connectivity index (χ4n) is 3.48.